The van der Waals surface area contributed by atoms with Gasteiger partial charge in [0.2, 0.25) is 0 Å². The summed E-state index contributed by atoms with van der Waals surface area (Å²) in [6, 6.07) is 7.47. The Morgan fingerprint density at radius 1 is 1.31 bits per heavy atom. The van der Waals surface area contributed by atoms with Crippen LogP contribution >= 0.6 is 0 Å². The highest BCUT2D eigenvalue weighted by molar-refractivity contribution is 5.39. The number of anilines is 1. The standard InChI is InChI=1S/C11H13N3O2/c1-15-9-4-2-3-5-10(9)16-7-8-6-13-11(12)14-8/h2-6H,7H2,1H3,(H3,12,13,14). The van der Waals surface area contributed by atoms with Crippen molar-refractivity contribution in [3.05, 3.63) is 36.2 Å². The molecule has 84 valence electrons. The number of methoxy groups -OCH3 is 1. The third kappa shape index (κ3) is 2.25. The van der Waals surface area contributed by atoms with E-state index in [2.05, 4.69) is 9.97 Å². The number of imidazole rings is 1. The maximum atomic E-state index is 5.58. The smallest absolute Gasteiger partial charge is 0.197 e. The van der Waals surface area contributed by atoms with Gasteiger partial charge >= 0.3 is 0 Å². The van der Waals surface area contributed by atoms with Gasteiger partial charge in [-0.05, 0) is 12.1 Å². The highest BCUT2D eigenvalue weighted by atomic mass is 16.5. The van der Waals surface area contributed by atoms with Crippen LogP contribution in [0.2, 0.25) is 0 Å². The number of hydrogen-bond donors (Lipinski definition) is 2. The normalized spacial score (nSPS) is 10.1. The molecule has 3 N–H and O–H groups in total. The first-order chi connectivity index (χ1) is 7.79. The summed E-state index contributed by atoms with van der Waals surface area (Å²) < 4.78 is 10.7. The lowest BCUT2D eigenvalue weighted by atomic mass is 10.3. The second kappa shape index (κ2) is 4.57. The molecular formula is C11H13N3O2. The number of nitrogen functional groups attached to an aromatic ring is 1. The summed E-state index contributed by atoms with van der Waals surface area (Å²) in [6.45, 7) is 0.380. The van der Waals surface area contributed by atoms with Crippen molar-refractivity contribution in [1.29, 1.82) is 0 Å². The molecule has 0 spiro atoms. The molecule has 0 radical (unpaired) electrons. The van der Waals surface area contributed by atoms with E-state index in [1.54, 1.807) is 13.3 Å². The van der Waals surface area contributed by atoms with Gasteiger partial charge in [0.1, 0.15) is 6.61 Å². The molecule has 1 aromatic heterocycles. The number of nitrogens with zero attached hydrogens (tertiary/aromatic N) is 1. The van der Waals surface area contributed by atoms with Gasteiger partial charge in [-0.2, -0.15) is 0 Å². The molecule has 0 fully saturated rings. The van der Waals surface area contributed by atoms with E-state index in [0.29, 0.717) is 24.1 Å². The molecule has 0 aliphatic heterocycles. The zero-order valence-corrected chi connectivity index (χ0v) is 8.93. The molecule has 0 atom stereocenters. The number of nitrogens with one attached hydrogen (secondary N) is 1. The lowest BCUT2D eigenvalue weighted by Crippen LogP contribution is -1.98. The van der Waals surface area contributed by atoms with Crippen molar-refractivity contribution in [3.8, 4) is 11.5 Å². The van der Waals surface area contributed by atoms with Crippen LogP contribution in [0.3, 0.4) is 0 Å². The second-order valence-corrected chi connectivity index (χ2v) is 3.23. The van der Waals surface area contributed by atoms with Crippen LogP contribution in [0.4, 0.5) is 5.95 Å². The molecule has 5 nitrogen and oxygen atoms in total. The highest BCUT2D eigenvalue weighted by Crippen LogP contribution is 2.26. The fourth-order valence-electron chi connectivity index (χ4n) is 1.34. The van der Waals surface area contributed by atoms with Gasteiger partial charge in [-0.3, -0.25) is 0 Å². The van der Waals surface area contributed by atoms with Gasteiger partial charge in [0, 0.05) is 0 Å². The second-order valence-electron chi connectivity index (χ2n) is 3.23. The number of ether oxygens (including phenoxy) is 2. The Morgan fingerprint density at radius 2 is 2.06 bits per heavy atom. The molecule has 1 heterocycles. The Kier molecular flexibility index (Phi) is 2.95. The maximum absolute atomic E-state index is 5.58. The van der Waals surface area contributed by atoms with Crippen LogP contribution in [0.5, 0.6) is 11.5 Å². The first kappa shape index (κ1) is 10.4. The third-order valence-electron chi connectivity index (χ3n) is 2.10. The van der Waals surface area contributed by atoms with Crippen LogP contribution in [0.15, 0.2) is 30.5 Å². The van der Waals surface area contributed by atoms with Crippen LogP contribution in [-0.2, 0) is 6.61 Å². The minimum absolute atomic E-state index is 0.380. The number of benzene rings is 1. The zero-order chi connectivity index (χ0) is 11.4. The summed E-state index contributed by atoms with van der Waals surface area (Å²) in [7, 11) is 1.61. The number of nitrogens with two attached hydrogens (primary N) is 1. The van der Waals surface area contributed by atoms with Gasteiger partial charge in [-0.15, -0.1) is 0 Å². The monoisotopic (exact) mass is 219 g/mol. The van der Waals surface area contributed by atoms with Gasteiger partial charge < -0.3 is 20.2 Å². The quantitative estimate of drug-likeness (QED) is 0.818. The van der Waals surface area contributed by atoms with Gasteiger partial charge in [0.25, 0.3) is 0 Å². The summed E-state index contributed by atoms with van der Waals surface area (Å²) in [4.78, 5) is 6.77. The predicted octanol–water partition coefficient (Wildman–Crippen LogP) is 1.58. The summed E-state index contributed by atoms with van der Waals surface area (Å²) in [5.41, 5.74) is 6.28. The molecule has 0 amide bonds. The van der Waals surface area contributed by atoms with E-state index in [0.717, 1.165) is 5.69 Å². The number of para-hydroxylation sites is 2. The molecule has 0 bridgehead atoms. The number of aromatic amines is 1. The topological polar surface area (TPSA) is 73.2 Å². The molecule has 2 rings (SSSR count). The Bertz CT molecular complexity index is 468. The highest BCUT2D eigenvalue weighted by Gasteiger charge is 2.03. The largest absolute Gasteiger partial charge is 0.493 e. The fraction of sp³-hybridized carbons (Fsp3) is 0.182. The van der Waals surface area contributed by atoms with E-state index in [1.165, 1.54) is 0 Å². The van der Waals surface area contributed by atoms with Crippen molar-refractivity contribution >= 4 is 5.95 Å². The van der Waals surface area contributed by atoms with Crippen LogP contribution < -0.4 is 15.2 Å². The number of rotatable bonds is 4. The average molecular weight is 219 g/mol. The zero-order valence-electron chi connectivity index (χ0n) is 8.93. The third-order valence-corrected chi connectivity index (χ3v) is 2.10. The van der Waals surface area contributed by atoms with Gasteiger partial charge in [0.05, 0.1) is 19.0 Å². The summed E-state index contributed by atoms with van der Waals surface area (Å²) in [5, 5.41) is 0. The minimum atomic E-state index is 0.380. The molecule has 0 saturated heterocycles. The molecule has 0 saturated carbocycles. The summed E-state index contributed by atoms with van der Waals surface area (Å²) >= 11 is 0. The van der Waals surface area contributed by atoms with Crippen molar-refractivity contribution in [1.82, 2.24) is 9.97 Å². The van der Waals surface area contributed by atoms with Crippen molar-refractivity contribution in [3.63, 3.8) is 0 Å². The van der Waals surface area contributed by atoms with Crippen LogP contribution in [0.25, 0.3) is 0 Å². The Hall–Kier alpha value is -2.17. The molecule has 5 heteroatoms. The molecule has 0 aliphatic carbocycles. The van der Waals surface area contributed by atoms with Gasteiger partial charge in [-0.1, -0.05) is 12.1 Å². The van der Waals surface area contributed by atoms with Crippen molar-refractivity contribution in [2.45, 2.75) is 6.61 Å². The summed E-state index contributed by atoms with van der Waals surface area (Å²) in [6.07, 6.45) is 1.64. The Balaban J connectivity index is 2.04. The fourth-order valence-corrected chi connectivity index (χ4v) is 1.34. The minimum Gasteiger partial charge on any atom is -0.493 e. The Labute approximate surface area is 93.2 Å². The molecule has 0 unspecified atom stereocenters. The molecule has 16 heavy (non-hydrogen) atoms. The number of aromatic nitrogens is 2. The lowest BCUT2D eigenvalue weighted by molar-refractivity contribution is 0.281. The van der Waals surface area contributed by atoms with Crippen LogP contribution in [-0.4, -0.2) is 17.1 Å². The van der Waals surface area contributed by atoms with E-state index in [1.807, 2.05) is 24.3 Å². The van der Waals surface area contributed by atoms with Crippen molar-refractivity contribution in [2.24, 2.45) is 0 Å². The van der Waals surface area contributed by atoms with E-state index < -0.39 is 0 Å². The molecule has 1 aromatic carbocycles. The van der Waals surface area contributed by atoms with E-state index in [-0.39, 0.29) is 0 Å². The molecule has 0 aliphatic rings. The molecule has 2 aromatic rings. The first-order valence-corrected chi connectivity index (χ1v) is 4.85. The lowest BCUT2D eigenvalue weighted by Gasteiger charge is -2.08. The van der Waals surface area contributed by atoms with Gasteiger partial charge in [-0.25, -0.2) is 4.98 Å². The molecular weight excluding hydrogens is 206 g/mol. The van der Waals surface area contributed by atoms with Crippen LogP contribution in [0.1, 0.15) is 5.69 Å². The van der Waals surface area contributed by atoms with Crippen molar-refractivity contribution in [2.75, 3.05) is 12.8 Å². The van der Waals surface area contributed by atoms with Crippen LogP contribution in [0, 0.1) is 0 Å². The summed E-state index contributed by atoms with van der Waals surface area (Å²) in [5.74, 6) is 1.78. The number of H-pyrrole nitrogens is 1. The average Bonchev–Trinajstić information content (AvgIpc) is 2.73. The van der Waals surface area contributed by atoms with Crippen molar-refractivity contribution < 1.29 is 9.47 Å². The Morgan fingerprint density at radius 3 is 2.69 bits per heavy atom. The number of hydrogen-bond acceptors (Lipinski definition) is 4. The van der Waals surface area contributed by atoms with E-state index >= 15 is 0 Å². The van der Waals surface area contributed by atoms with E-state index in [4.69, 9.17) is 15.2 Å². The first-order valence-electron chi connectivity index (χ1n) is 4.85. The SMILES string of the molecule is COc1ccccc1OCc1cnc(N)[nH]1. The maximum Gasteiger partial charge on any atom is 0.197 e. The van der Waals surface area contributed by atoms with E-state index in [9.17, 15) is 0 Å². The predicted molar refractivity (Wildman–Crippen MR) is 60.3 cm³/mol. The van der Waals surface area contributed by atoms with Gasteiger partial charge in [0.15, 0.2) is 17.4 Å².